The lowest BCUT2D eigenvalue weighted by Gasteiger charge is -2.48. The van der Waals surface area contributed by atoms with E-state index in [2.05, 4.69) is 44.5 Å². The van der Waals surface area contributed by atoms with Crippen LogP contribution in [0.25, 0.3) is 0 Å². The Bertz CT molecular complexity index is 509. The maximum atomic E-state index is 6.14. The third kappa shape index (κ3) is 3.64. The number of rotatable bonds is 3. The monoisotopic (exact) mass is 292 g/mol. The Morgan fingerprint density at radius 1 is 1.14 bits per heavy atom. The Hall–Kier alpha value is -1.36. The van der Waals surface area contributed by atoms with E-state index in [1.807, 2.05) is 6.92 Å². The Morgan fingerprint density at radius 3 is 2.24 bits per heavy atom. The highest BCUT2D eigenvalue weighted by Gasteiger charge is 2.39. The van der Waals surface area contributed by atoms with Crippen molar-refractivity contribution in [3.05, 3.63) is 11.4 Å². The van der Waals surface area contributed by atoms with Gasteiger partial charge in [0.2, 0.25) is 0 Å². The highest BCUT2D eigenvalue weighted by molar-refractivity contribution is 5.57. The number of aromatic nitrogens is 2. The van der Waals surface area contributed by atoms with Gasteiger partial charge < -0.3 is 15.4 Å². The Balaban J connectivity index is 2.40. The fourth-order valence-corrected chi connectivity index (χ4v) is 3.15. The molecular weight excluding hydrogens is 264 g/mol. The van der Waals surface area contributed by atoms with E-state index in [9.17, 15) is 0 Å². The summed E-state index contributed by atoms with van der Waals surface area (Å²) in [7, 11) is 0. The van der Waals surface area contributed by atoms with Crippen LogP contribution < -0.4 is 10.6 Å². The summed E-state index contributed by atoms with van der Waals surface area (Å²) in [6.45, 7) is 14.2. The quantitative estimate of drug-likeness (QED) is 0.928. The van der Waals surface area contributed by atoms with E-state index in [0.29, 0.717) is 5.82 Å². The normalized spacial score (nSPS) is 20.6. The highest BCUT2D eigenvalue weighted by Crippen LogP contribution is 2.33. The van der Waals surface area contributed by atoms with E-state index in [4.69, 9.17) is 15.5 Å². The molecule has 1 aromatic rings. The smallest absolute Gasteiger partial charge is 0.137 e. The molecule has 1 aliphatic rings. The van der Waals surface area contributed by atoms with E-state index >= 15 is 0 Å². The maximum Gasteiger partial charge on any atom is 0.137 e. The zero-order chi connectivity index (χ0) is 15.8. The molecule has 1 saturated heterocycles. The molecule has 1 aromatic heterocycles. The molecule has 1 fully saturated rings. The fraction of sp³-hybridized carbons (Fsp3) is 0.750. The van der Waals surface area contributed by atoms with Crippen molar-refractivity contribution in [1.29, 1.82) is 0 Å². The first kappa shape index (κ1) is 16.0. The van der Waals surface area contributed by atoms with Crippen molar-refractivity contribution in [2.75, 3.05) is 23.7 Å². The average Bonchev–Trinajstić information content (AvgIpc) is 2.29. The number of aryl methyl sites for hydroxylation is 1. The Labute approximate surface area is 127 Å². The van der Waals surface area contributed by atoms with Gasteiger partial charge in [-0.25, -0.2) is 9.97 Å². The van der Waals surface area contributed by atoms with Crippen LogP contribution in [0.3, 0.4) is 0 Å². The predicted octanol–water partition coefficient (Wildman–Crippen LogP) is 2.71. The fourth-order valence-electron chi connectivity index (χ4n) is 3.15. The van der Waals surface area contributed by atoms with Gasteiger partial charge in [-0.15, -0.1) is 0 Å². The van der Waals surface area contributed by atoms with Gasteiger partial charge in [-0.3, -0.25) is 0 Å². The van der Waals surface area contributed by atoms with Crippen LogP contribution in [0.2, 0.25) is 0 Å². The van der Waals surface area contributed by atoms with Crippen molar-refractivity contribution >= 4 is 11.6 Å². The van der Waals surface area contributed by atoms with E-state index < -0.39 is 0 Å². The molecule has 0 bridgehead atoms. The van der Waals surface area contributed by atoms with Crippen LogP contribution in [0.4, 0.5) is 11.6 Å². The van der Waals surface area contributed by atoms with Gasteiger partial charge in [-0.2, -0.15) is 0 Å². The summed E-state index contributed by atoms with van der Waals surface area (Å²) in [6.07, 6.45) is 1.87. The van der Waals surface area contributed by atoms with E-state index in [1.54, 1.807) is 0 Å². The van der Waals surface area contributed by atoms with Crippen LogP contribution in [-0.2, 0) is 11.2 Å². The average molecular weight is 292 g/mol. The molecule has 0 saturated carbocycles. The zero-order valence-electron chi connectivity index (χ0n) is 14.2. The van der Waals surface area contributed by atoms with E-state index in [0.717, 1.165) is 43.1 Å². The summed E-state index contributed by atoms with van der Waals surface area (Å²) in [5.41, 5.74) is 6.63. The van der Waals surface area contributed by atoms with Crippen LogP contribution in [0, 0.1) is 6.92 Å². The molecule has 0 unspecified atom stereocenters. The molecular formula is C16H28N4O. The molecule has 5 heteroatoms. The molecule has 118 valence electrons. The third-order valence-electron chi connectivity index (χ3n) is 3.67. The van der Waals surface area contributed by atoms with Gasteiger partial charge in [-0.1, -0.05) is 6.92 Å². The second-order valence-electron chi connectivity index (χ2n) is 7.20. The number of ether oxygens (including phenoxy) is 1. The molecule has 2 rings (SSSR count). The largest absolute Gasteiger partial charge is 0.383 e. The highest BCUT2D eigenvalue weighted by atomic mass is 16.5. The lowest BCUT2D eigenvalue weighted by Crippen LogP contribution is -2.57. The number of morpholine rings is 1. The van der Waals surface area contributed by atoms with Crippen molar-refractivity contribution in [3.8, 4) is 0 Å². The van der Waals surface area contributed by atoms with Gasteiger partial charge in [0.15, 0.2) is 0 Å². The topological polar surface area (TPSA) is 64.3 Å². The van der Waals surface area contributed by atoms with Gasteiger partial charge in [0.1, 0.15) is 17.5 Å². The van der Waals surface area contributed by atoms with Crippen molar-refractivity contribution in [1.82, 2.24) is 9.97 Å². The minimum absolute atomic E-state index is 0.210. The van der Waals surface area contributed by atoms with Crippen molar-refractivity contribution in [3.63, 3.8) is 0 Å². The molecule has 2 N–H and O–H groups in total. The summed E-state index contributed by atoms with van der Waals surface area (Å²) in [6, 6.07) is 0. The molecule has 0 amide bonds. The maximum absolute atomic E-state index is 6.14. The first-order valence-electron chi connectivity index (χ1n) is 7.72. The molecule has 1 aliphatic heterocycles. The standard InChI is InChI=1S/C16H28N4O/c1-7-8-12-18-13(17)11(2)14(19-12)20-9-15(3,4)21-16(5,6)10-20/h7-10H2,1-6H3,(H2,17,18,19). The van der Waals surface area contributed by atoms with Crippen molar-refractivity contribution in [2.24, 2.45) is 0 Å². The molecule has 21 heavy (non-hydrogen) atoms. The number of nitrogens with zero attached hydrogens (tertiary/aromatic N) is 3. The molecule has 5 nitrogen and oxygen atoms in total. The zero-order valence-corrected chi connectivity index (χ0v) is 14.2. The number of hydrogen-bond donors (Lipinski definition) is 1. The summed E-state index contributed by atoms with van der Waals surface area (Å²) in [5, 5.41) is 0. The summed E-state index contributed by atoms with van der Waals surface area (Å²) < 4.78 is 6.14. The van der Waals surface area contributed by atoms with E-state index in [-0.39, 0.29) is 11.2 Å². The number of anilines is 2. The molecule has 0 radical (unpaired) electrons. The Kier molecular flexibility index (Phi) is 4.15. The van der Waals surface area contributed by atoms with Gasteiger partial charge in [0, 0.05) is 25.1 Å². The molecule has 0 atom stereocenters. The van der Waals surface area contributed by atoms with Crippen LogP contribution in [0.5, 0.6) is 0 Å². The number of nitrogens with two attached hydrogens (primary N) is 1. The predicted molar refractivity (Wildman–Crippen MR) is 86.6 cm³/mol. The van der Waals surface area contributed by atoms with Gasteiger partial charge in [0.25, 0.3) is 0 Å². The second kappa shape index (κ2) is 5.44. The minimum atomic E-state index is -0.210. The second-order valence-corrected chi connectivity index (χ2v) is 7.20. The van der Waals surface area contributed by atoms with E-state index in [1.165, 1.54) is 0 Å². The van der Waals surface area contributed by atoms with Gasteiger partial charge in [-0.05, 0) is 41.0 Å². The molecule has 0 aliphatic carbocycles. The van der Waals surface area contributed by atoms with Crippen molar-refractivity contribution in [2.45, 2.75) is 65.6 Å². The summed E-state index contributed by atoms with van der Waals surface area (Å²) >= 11 is 0. The minimum Gasteiger partial charge on any atom is -0.383 e. The first-order valence-corrected chi connectivity index (χ1v) is 7.72. The van der Waals surface area contributed by atoms with Crippen LogP contribution in [-0.4, -0.2) is 34.3 Å². The molecule has 0 aromatic carbocycles. The molecule has 0 spiro atoms. The lowest BCUT2D eigenvalue weighted by atomic mass is 9.98. The number of hydrogen-bond acceptors (Lipinski definition) is 5. The van der Waals surface area contributed by atoms with Gasteiger partial charge in [0.05, 0.1) is 11.2 Å². The van der Waals surface area contributed by atoms with Crippen LogP contribution in [0.15, 0.2) is 0 Å². The summed E-state index contributed by atoms with van der Waals surface area (Å²) in [5.74, 6) is 2.37. The molecule has 2 heterocycles. The Morgan fingerprint density at radius 2 is 1.71 bits per heavy atom. The van der Waals surface area contributed by atoms with Gasteiger partial charge >= 0.3 is 0 Å². The summed E-state index contributed by atoms with van der Waals surface area (Å²) in [4.78, 5) is 11.4. The number of nitrogen functional groups attached to an aromatic ring is 1. The SMILES string of the molecule is CCCc1nc(N)c(C)c(N2CC(C)(C)OC(C)(C)C2)n1. The lowest BCUT2D eigenvalue weighted by molar-refractivity contribution is -0.133. The van der Waals surface area contributed by atoms with Crippen LogP contribution in [0.1, 0.15) is 52.4 Å². The van der Waals surface area contributed by atoms with Crippen LogP contribution >= 0.6 is 0 Å². The van der Waals surface area contributed by atoms with Crippen molar-refractivity contribution < 1.29 is 4.74 Å². The first-order chi connectivity index (χ1) is 9.63. The third-order valence-corrected chi connectivity index (χ3v) is 3.67.